The molecule has 0 bridgehead atoms. The van der Waals surface area contributed by atoms with E-state index in [1.54, 1.807) is 11.4 Å². The SMILES string of the molecule is Cc1ccc(NC(=O)Nc2nc(C(=O)Nc3ccc(Br)c(C)c3)cs2)cc1. The fourth-order valence-electron chi connectivity index (χ4n) is 2.25. The molecule has 3 aromatic rings. The van der Waals surface area contributed by atoms with Crippen molar-refractivity contribution in [3.63, 3.8) is 0 Å². The van der Waals surface area contributed by atoms with Crippen LogP contribution in [0, 0.1) is 13.8 Å². The van der Waals surface area contributed by atoms with Gasteiger partial charge in [-0.1, -0.05) is 33.6 Å². The number of benzene rings is 2. The number of rotatable bonds is 4. The van der Waals surface area contributed by atoms with Crippen molar-refractivity contribution in [2.45, 2.75) is 13.8 Å². The van der Waals surface area contributed by atoms with Crippen LogP contribution >= 0.6 is 27.3 Å². The van der Waals surface area contributed by atoms with Crippen LogP contribution < -0.4 is 16.0 Å². The maximum Gasteiger partial charge on any atom is 0.325 e. The molecule has 0 saturated carbocycles. The molecular weight excluding hydrogens is 428 g/mol. The van der Waals surface area contributed by atoms with Crippen molar-refractivity contribution in [2.75, 3.05) is 16.0 Å². The zero-order valence-corrected chi connectivity index (χ0v) is 17.1. The largest absolute Gasteiger partial charge is 0.325 e. The summed E-state index contributed by atoms with van der Waals surface area (Å²) in [6, 6.07) is 12.6. The Labute approximate surface area is 169 Å². The Balaban J connectivity index is 1.60. The minimum atomic E-state index is -0.413. The fraction of sp³-hybridized carbons (Fsp3) is 0.105. The molecule has 1 aromatic heterocycles. The fourth-order valence-corrected chi connectivity index (χ4v) is 3.18. The lowest BCUT2D eigenvalue weighted by atomic mass is 10.2. The summed E-state index contributed by atoms with van der Waals surface area (Å²) in [6.07, 6.45) is 0. The van der Waals surface area contributed by atoms with E-state index in [1.165, 1.54) is 11.3 Å². The van der Waals surface area contributed by atoms with Crippen LogP contribution in [-0.4, -0.2) is 16.9 Å². The molecule has 0 aliphatic carbocycles. The second-order valence-corrected chi connectivity index (χ2v) is 7.61. The summed E-state index contributed by atoms with van der Waals surface area (Å²) in [5.74, 6) is -0.333. The highest BCUT2D eigenvalue weighted by molar-refractivity contribution is 9.10. The minimum Gasteiger partial charge on any atom is -0.321 e. The summed E-state index contributed by atoms with van der Waals surface area (Å²) in [5, 5.41) is 10.1. The van der Waals surface area contributed by atoms with E-state index in [4.69, 9.17) is 0 Å². The number of urea groups is 1. The molecule has 0 aliphatic heterocycles. The van der Waals surface area contributed by atoms with Crippen molar-refractivity contribution in [3.05, 3.63) is 69.1 Å². The number of nitrogens with zero attached hydrogens (tertiary/aromatic N) is 1. The number of carbonyl (C=O) groups excluding carboxylic acids is 2. The van der Waals surface area contributed by atoms with Gasteiger partial charge in [0.25, 0.3) is 5.91 Å². The Morgan fingerprint density at radius 2 is 1.67 bits per heavy atom. The van der Waals surface area contributed by atoms with Crippen molar-refractivity contribution in [1.29, 1.82) is 0 Å². The number of hydrogen-bond donors (Lipinski definition) is 3. The average Bonchev–Trinajstić information content (AvgIpc) is 3.08. The number of halogens is 1. The maximum absolute atomic E-state index is 12.3. The lowest BCUT2D eigenvalue weighted by Gasteiger charge is -2.06. The molecular formula is C19H17BrN4O2S. The molecule has 6 nitrogen and oxygen atoms in total. The van der Waals surface area contributed by atoms with Gasteiger partial charge >= 0.3 is 6.03 Å². The van der Waals surface area contributed by atoms with Gasteiger partial charge in [0.05, 0.1) is 0 Å². The molecule has 3 amide bonds. The first-order valence-electron chi connectivity index (χ1n) is 8.08. The van der Waals surface area contributed by atoms with Crippen LogP contribution in [-0.2, 0) is 0 Å². The first-order valence-corrected chi connectivity index (χ1v) is 9.75. The van der Waals surface area contributed by atoms with E-state index in [-0.39, 0.29) is 11.6 Å². The molecule has 0 unspecified atom stereocenters. The van der Waals surface area contributed by atoms with Crippen LogP contribution in [0.15, 0.2) is 52.3 Å². The molecule has 138 valence electrons. The number of nitrogens with one attached hydrogen (secondary N) is 3. The van der Waals surface area contributed by atoms with E-state index in [2.05, 4.69) is 36.9 Å². The second-order valence-electron chi connectivity index (χ2n) is 5.90. The van der Waals surface area contributed by atoms with Gasteiger partial charge in [-0.15, -0.1) is 11.3 Å². The number of aromatic nitrogens is 1. The van der Waals surface area contributed by atoms with Crippen LogP contribution in [0.3, 0.4) is 0 Å². The third-order valence-corrected chi connectivity index (χ3v) is 5.33. The van der Waals surface area contributed by atoms with Crippen LogP contribution in [0.2, 0.25) is 0 Å². The van der Waals surface area contributed by atoms with Gasteiger partial charge in [0.1, 0.15) is 5.69 Å². The monoisotopic (exact) mass is 444 g/mol. The summed E-state index contributed by atoms with van der Waals surface area (Å²) in [5.41, 5.74) is 3.73. The summed E-state index contributed by atoms with van der Waals surface area (Å²) < 4.78 is 0.972. The van der Waals surface area contributed by atoms with E-state index in [0.717, 1.165) is 15.6 Å². The Morgan fingerprint density at radius 3 is 2.37 bits per heavy atom. The summed E-state index contributed by atoms with van der Waals surface area (Å²) in [6.45, 7) is 3.92. The van der Waals surface area contributed by atoms with Crippen LogP contribution in [0.25, 0.3) is 0 Å². The molecule has 27 heavy (non-hydrogen) atoms. The Kier molecular flexibility index (Phi) is 5.88. The number of amides is 3. The first-order chi connectivity index (χ1) is 12.9. The third kappa shape index (κ3) is 5.15. The van der Waals surface area contributed by atoms with E-state index < -0.39 is 6.03 Å². The van der Waals surface area contributed by atoms with Gasteiger partial charge in [-0.25, -0.2) is 9.78 Å². The number of anilines is 3. The number of carbonyl (C=O) groups is 2. The quantitative estimate of drug-likeness (QED) is 0.502. The second kappa shape index (κ2) is 8.32. The van der Waals surface area contributed by atoms with Crippen molar-refractivity contribution in [3.8, 4) is 0 Å². The maximum atomic E-state index is 12.3. The number of hydrogen-bond acceptors (Lipinski definition) is 4. The molecule has 2 aromatic carbocycles. The first kappa shape index (κ1) is 19.1. The molecule has 8 heteroatoms. The van der Waals surface area contributed by atoms with Gasteiger partial charge in [0.15, 0.2) is 5.13 Å². The number of thiazole rings is 1. The third-order valence-electron chi connectivity index (χ3n) is 3.68. The van der Waals surface area contributed by atoms with Gasteiger partial charge in [-0.2, -0.15) is 0 Å². The van der Waals surface area contributed by atoms with Crippen molar-refractivity contribution in [2.24, 2.45) is 0 Å². The minimum absolute atomic E-state index is 0.242. The molecule has 3 rings (SSSR count). The van der Waals surface area contributed by atoms with Gasteiger partial charge in [0, 0.05) is 21.2 Å². The molecule has 0 atom stereocenters. The zero-order chi connectivity index (χ0) is 19.4. The van der Waals surface area contributed by atoms with Gasteiger partial charge in [-0.3, -0.25) is 10.1 Å². The molecule has 1 heterocycles. The van der Waals surface area contributed by atoms with Crippen LogP contribution in [0.1, 0.15) is 21.6 Å². The number of aryl methyl sites for hydroxylation is 2. The molecule has 0 radical (unpaired) electrons. The molecule has 3 N–H and O–H groups in total. The Bertz CT molecular complexity index is 986. The van der Waals surface area contributed by atoms with Gasteiger partial charge in [-0.05, 0) is 49.7 Å². The highest BCUT2D eigenvalue weighted by atomic mass is 79.9. The van der Waals surface area contributed by atoms with E-state index in [1.807, 2.05) is 50.2 Å². The highest BCUT2D eigenvalue weighted by Gasteiger charge is 2.13. The zero-order valence-electron chi connectivity index (χ0n) is 14.7. The Hall–Kier alpha value is -2.71. The van der Waals surface area contributed by atoms with E-state index in [0.29, 0.717) is 16.5 Å². The van der Waals surface area contributed by atoms with Crippen molar-refractivity contribution >= 4 is 55.7 Å². The molecule has 0 saturated heterocycles. The summed E-state index contributed by atoms with van der Waals surface area (Å²) >= 11 is 4.61. The smallest absolute Gasteiger partial charge is 0.321 e. The standard InChI is InChI=1S/C19H17BrN4O2S/c1-11-3-5-13(6-4-11)22-18(26)24-19-23-16(10-27-19)17(25)21-14-7-8-15(20)12(2)9-14/h3-10H,1-2H3,(H,21,25)(H2,22,23,24,26). The average molecular weight is 445 g/mol. The van der Waals surface area contributed by atoms with Crippen LogP contribution in [0.5, 0.6) is 0 Å². The van der Waals surface area contributed by atoms with Crippen LogP contribution in [0.4, 0.5) is 21.3 Å². The molecule has 0 spiro atoms. The molecule has 0 aliphatic rings. The Morgan fingerprint density at radius 1 is 0.963 bits per heavy atom. The normalized spacial score (nSPS) is 10.3. The highest BCUT2D eigenvalue weighted by Crippen LogP contribution is 2.21. The lowest BCUT2D eigenvalue weighted by Crippen LogP contribution is -2.19. The van der Waals surface area contributed by atoms with E-state index >= 15 is 0 Å². The van der Waals surface area contributed by atoms with Crippen molar-refractivity contribution in [1.82, 2.24) is 4.98 Å². The molecule has 0 fully saturated rings. The van der Waals surface area contributed by atoms with Gasteiger partial charge < -0.3 is 10.6 Å². The lowest BCUT2D eigenvalue weighted by molar-refractivity contribution is 0.102. The van der Waals surface area contributed by atoms with Crippen molar-refractivity contribution < 1.29 is 9.59 Å². The predicted molar refractivity (Wildman–Crippen MR) is 113 cm³/mol. The topological polar surface area (TPSA) is 83.1 Å². The summed E-state index contributed by atoms with van der Waals surface area (Å²) in [7, 11) is 0. The van der Waals surface area contributed by atoms with Gasteiger partial charge in [0.2, 0.25) is 0 Å². The van der Waals surface area contributed by atoms with E-state index in [9.17, 15) is 9.59 Å². The predicted octanol–water partition coefficient (Wildman–Crippen LogP) is 5.42. The summed E-state index contributed by atoms with van der Waals surface area (Å²) in [4.78, 5) is 28.5.